The number of hydrogen-bond acceptors (Lipinski definition) is 1. The number of nitrogens with one attached hydrogen (secondary N) is 1. The van der Waals surface area contributed by atoms with Gasteiger partial charge in [-0.3, -0.25) is 4.79 Å². The summed E-state index contributed by atoms with van der Waals surface area (Å²) in [6.07, 6.45) is 2.94. The Balaban J connectivity index is 1.73. The second-order valence-electron chi connectivity index (χ2n) is 5.73. The standard InChI is InChI=1S/C19H21Cl2NO/c1-14(7-8-15-5-3-2-4-6-15)22-19(23)12-10-16-9-11-17(20)13-18(16)21/h2-6,9,11,13-14H,7-8,10,12H2,1H3,(H,22,23)/t14-/m0/s1. The topological polar surface area (TPSA) is 29.1 Å². The van der Waals surface area contributed by atoms with Gasteiger partial charge in [0.15, 0.2) is 0 Å². The summed E-state index contributed by atoms with van der Waals surface area (Å²) in [4.78, 5) is 12.0. The molecule has 2 rings (SSSR count). The maximum Gasteiger partial charge on any atom is 0.220 e. The fourth-order valence-electron chi connectivity index (χ4n) is 2.42. The smallest absolute Gasteiger partial charge is 0.220 e. The molecule has 0 aromatic heterocycles. The molecule has 2 aromatic rings. The first-order chi connectivity index (χ1) is 11.0. The molecule has 0 unspecified atom stereocenters. The molecule has 0 saturated carbocycles. The van der Waals surface area contributed by atoms with Gasteiger partial charge in [0, 0.05) is 22.5 Å². The predicted molar refractivity (Wildman–Crippen MR) is 97.2 cm³/mol. The number of aryl methyl sites for hydroxylation is 2. The van der Waals surface area contributed by atoms with Gasteiger partial charge >= 0.3 is 0 Å². The summed E-state index contributed by atoms with van der Waals surface area (Å²) in [5, 5.41) is 4.27. The van der Waals surface area contributed by atoms with Crippen molar-refractivity contribution in [2.24, 2.45) is 0 Å². The van der Waals surface area contributed by atoms with Crippen LogP contribution in [-0.4, -0.2) is 11.9 Å². The van der Waals surface area contributed by atoms with E-state index in [1.807, 2.05) is 31.2 Å². The van der Waals surface area contributed by atoms with Crippen LogP contribution in [0.15, 0.2) is 48.5 Å². The summed E-state index contributed by atoms with van der Waals surface area (Å²) in [5.74, 6) is 0.0524. The molecular weight excluding hydrogens is 329 g/mol. The van der Waals surface area contributed by atoms with Gasteiger partial charge in [-0.2, -0.15) is 0 Å². The van der Waals surface area contributed by atoms with Crippen LogP contribution in [0, 0.1) is 0 Å². The molecule has 0 aliphatic rings. The third-order valence-electron chi connectivity index (χ3n) is 3.75. The minimum absolute atomic E-state index is 0.0524. The van der Waals surface area contributed by atoms with Crippen molar-refractivity contribution >= 4 is 29.1 Å². The number of halogens is 2. The van der Waals surface area contributed by atoms with E-state index < -0.39 is 0 Å². The SMILES string of the molecule is C[C@@H](CCc1ccccc1)NC(=O)CCc1ccc(Cl)cc1Cl. The molecule has 0 bridgehead atoms. The molecule has 0 spiro atoms. The van der Waals surface area contributed by atoms with Gasteiger partial charge in [-0.1, -0.05) is 59.6 Å². The molecule has 0 radical (unpaired) electrons. The average molecular weight is 350 g/mol. The molecule has 0 saturated heterocycles. The number of carbonyl (C=O) groups is 1. The van der Waals surface area contributed by atoms with Crippen LogP contribution in [0.1, 0.15) is 30.9 Å². The summed E-state index contributed by atoms with van der Waals surface area (Å²) < 4.78 is 0. The molecule has 2 nitrogen and oxygen atoms in total. The number of carbonyl (C=O) groups excluding carboxylic acids is 1. The highest BCUT2D eigenvalue weighted by Crippen LogP contribution is 2.22. The van der Waals surface area contributed by atoms with E-state index in [0.29, 0.717) is 22.9 Å². The Labute approximate surface area is 147 Å². The molecule has 0 aliphatic heterocycles. The van der Waals surface area contributed by atoms with Crippen molar-refractivity contribution in [3.05, 3.63) is 69.7 Å². The Morgan fingerprint density at radius 1 is 1.09 bits per heavy atom. The highest BCUT2D eigenvalue weighted by Gasteiger charge is 2.09. The van der Waals surface area contributed by atoms with Crippen LogP contribution in [0.2, 0.25) is 10.0 Å². The third kappa shape index (κ3) is 6.25. The zero-order valence-corrected chi connectivity index (χ0v) is 14.7. The van der Waals surface area contributed by atoms with Crippen LogP contribution in [0.5, 0.6) is 0 Å². The Bertz CT molecular complexity index is 643. The monoisotopic (exact) mass is 349 g/mol. The van der Waals surface area contributed by atoms with E-state index in [-0.39, 0.29) is 11.9 Å². The van der Waals surface area contributed by atoms with Crippen LogP contribution < -0.4 is 5.32 Å². The van der Waals surface area contributed by atoms with E-state index in [4.69, 9.17) is 23.2 Å². The Hall–Kier alpha value is -1.51. The minimum Gasteiger partial charge on any atom is -0.354 e. The van der Waals surface area contributed by atoms with Gasteiger partial charge in [-0.05, 0) is 49.4 Å². The first kappa shape index (κ1) is 17.8. The second kappa shape index (κ2) is 8.95. The summed E-state index contributed by atoms with van der Waals surface area (Å²) >= 11 is 12.0. The quantitative estimate of drug-likeness (QED) is 0.743. The second-order valence-corrected chi connectivity index (χ2v) is 6.57. The lowest BCUT2D eigenvalue weighted by Crippen LogP contribution is -2.33. The van der Waals surface area contributed by atoms with Crippen LogP contribution >= 0.6 is 23.2 Å². The van der Waals surface area contributed by atoms with Crippen molar-refractivity contribution in [1.29, 1.82) is 0 Å². The van der Waals surface area contributed by atoms with Crippen LogP contribution in [-0.2, 0) is 17.6 Å². The zero-order valence-electron chi connectivity index (χ0n) is 13.2. The molecule has 1 N–H and O–H groups in total. The molecule has 1 atom stereocenters. The summed E-state index contributed by atoms with van der Waals surface area (Å²) in [6.45, 7) is 2.04. The fourth-order valence-corrected chi connectivity index (χ4v) is 2.92. The normalized spacial score (nSPS) is 12.0. The summed E-state index contributed by atoms with van der Waals surface area (Å²) in [5.41, 5.74) is 2.24. The maximum atomic E-state index is 12.0. The van der Waals surface area contributed by atoms with E-state index in [1.54, 1.807) is 12.1 Å². The van der Waals surface area contributed by atoms with Gasteiger partial charge in [0.2, 0.25) is 5.91 Å². The highest BCUT2D eigenvalue weighted by atomic mass is 35.5. The molecule has 2 aromatic carbocycles. The lowest BCUT2D eigenvalue weighted by atomic mass is 10.1. The number of benzene rings is 2. The van der Waals surface area contributed by atoms with Crippen LogP contribution in [0.25, 0.3) is 0 Å². The van der Waals surface area contributed by atoms with E-state index in [2.05, 4.69) is 17.4 Å². The van der Waals surface area contributed by atoms with Crippen LogP contribution in [0.3, 0.4) is 0 Å². The lowest BCUT2D eigenvalue weighted by molar-refractivity contribution is -0.121. The summed E-state index contributed by atoms with van der Waals surface area (Å²) in [7, 11) is 0. The van der Waals surface area contributed by atoms with Gasteiger partial charge in [0.25, 0.3) is 0 Å². The number of rotatable bonds is 7. The van der Waals surface area contributed by atoms with Crippen molar-refractivity contribution in [1.82, 2.24) is 5.32 Å². The number of hydrogen-bond donors (Lipinski definition) is 1. The molecular formula is C19H21Cl2NO. The molecule has 0 aliphatic carbocycles. The van der Waals surface area contributed by atoms with Gasteiger partial charge in [-0.15, -0.1) is 0 Å². The Kier molecular flexibility index (Phi) is 6.94. The Morgan fingerprint density at radius 2 is 1.83 bits per heavy atom. The van der Waals surface area contributed by atoms with Gasteiger partial charge < -0.3 is 5.32 Å². The fraction of sp³-hybridized carbons (Fsp3) is 0.316. The number of amides is 1. The predicted octanol–water partition coefficient (Wildman–Crippen LogP) is 5.06. The van der Waals surface area contributed by atoms with Gasteiger partial charge in [-0.25, -0.2) is 0 Å². The van der Waals surface area contributed by atoms with E-state index in [1.165, 1.54) is 5.56 Å². The van der Waals surface area contributed by atoms with E-state index in [0.717, 1.165) is 18.4 Å². The van der Waals surface area contributed by atoms with Crippen molar-refractivity contribution in [3.63, 3.8) is 0 Å². The molecule has 23 heavy (non-hydrogen) atoms. The third-order valence-corrected chi connectivity index (χ3v) is 4.34. The zero-order chi connectivity index (χ0) is 16.7. The van der Waals surface area contributed by atoms with Crippen molar-refractivity contribution in [3.8, 4) is 0 Å². The first-order valence-electron chi connectivity index (χ1n) is 7.82. The molecule has 4 heteroatoms. The van der Waals surface area contributed by atoms with Crippen molar-refractivity contribution < 1.29 is 4.79 Å². The van der Waals surface area contributed by atoms with Crippen molar-refractivity contribution in [2.75, 3.05) is 0 Å². The van der Waals surface area contributed by atoms with Gasteiger partial charge in [0.1, 0.15) is 0 Å². The van der Waals surface area contributed by atoms with Crippen LogP contribution in [0.4, 0.5) is 0 Å². The molecule has 122 valence electrons. The minimum atomic E-state index is 0.0524. The maximum absolute atomic E-state index is 12.0. The van der Waals surface area contributed by atoms with Gasteiger partial charge in [0.05, 0.1) is 0 Å². The summed E-state index contributed by atoms with van der Waals surface area (Å²) in [6, 6.07) is 15.8. The highest BCUT2D eigenvalue weighted by molar-refractivity contribution is 6.35. The average Bonchev–Trinajstić information content (AvgIpc) is 2.53. The largest absolute Gasteiger partial charge is 0.354 e. The molecule has 0 heterocycles. The first-order valence-corrected chi connectivity index (χ1v) is 8.57. The Morgan fingerprint density at radius 3 is 2.52 bits per heavy atom. The van der Waals surface area contributed by atoms with E-state index >= 15 is 0 Å². The molecule has 0 fully saturated rings. The van der Waals surface area contributed by atoms with Crippen molar-refractivity contribution in [2.45, 2.75) is 38.6 Å². The lowest BCUT2D eigenvalue weighted by Gasteiger charge is -2.14. The molecule has 1 amide bonds. The van der Waals surface area contributed by atoms with E-state index in [9.17, 15) is 4.79 Å².